The third-order valence-corrected chi connectivity index (χ3v) is 5.73. The fourth-order valence-electron chi connectivity index (χ4n) is 3.50. The van der Waals surface area contributed by atoms with Gasteiger partial charge in [-0.2, -0.15) is 5.10 Å². The molecule has 2 N–H and O–H groups in total. The van der Waals surface area contributed by atoms with Gasteiger partial charge >= 0.3 is 0 Å². The predicted octanol–water partition coefficient (Wildman–Crippen LogP) is 4.29. The summed E-state index contributed by atoms with van der Waals surface area (Å²) < 4.78 is 0. The third-order valence-electron chi connectivity index (χ3n) is 5.73. The van der Waals surface area contributed by atoms with Crippen LogP contribution >= 0.6 is 0 Å². The van der Waals surface area contributed by atoms with Crippen molar-refractivity contribution in [3.8, 4) is 11.4 Å². The molecule has 0 aliphatic heterocycles. The standard InChI is InChI=1S/C24H33N5O2/c1-15-19(10-11-24(3,4)5)23(27-26-15)21-12-17-8-9-18(13-20(17)25-21)29(7)22(31)14-28(6)16(2)30/h8-9,12-13,25H,10-11,14H2,1-7H3,(H,26,27). The maximum Gasteiger partial charge on any atom is 0.246 e. The number of aromatic amines is 2. The molecule has 0 fully saturated rings. The topological polar surface area (TPSA) is 85.1 Å². The van der Waals surface area contributed by atoms with Crippen LogP contribution in [0.15, 0.2) is 24.3 Å². The molecule has 0 saturated carbocycles. The van der Waals surface area contributed by atoms with Gasteiger partial charge < -0.3 is 14.8 Å². The Hall–Kier alpha value is -3.09. The van der Waals surface area contributed by atoms with Crippen LogP contribution in [0.3, 0.4) is 0 Å². The first-order valence-corrected chi connectivity index (χ1v) is 10.6. The van der Waals surface area contributed by atoms with Crippen LogP contribution < -0.4 is 4.90 Å². The number of nitrogens with one attached hydrogen (secondary N) is 2. The summed E-state index contributed by atoms with van der Waals surface area (Å²) in [6.07, 6.45) is 2.04. The number of H-pyrrole nitrogens is 2. The number of hydrogen-bond acceptors (Lipinski definition) is 3. The lowest BCUT2D eigenvalue weighted by atomic mass is 9.88. The largest absolute Gasteiger partial charge is 0.353 e. The summed E-state index contributed by atoms with van der Waals surface area (Å²) in [5.41, 5.74) is 6.21. The van der Waals surface area contributed by atoms with E-state index >= 15 is 0 Å². The number of aryl methyl sites for hydroxylation is 1. The first-order valence-electron chi connectivity index (χ1n) is 10.6. The summed E-state index contributed by atoms with van der Waals surface area (Å²) >= 11 is 0. The fourth-order valence-corrected chi connectivity index (χ4v) is 3.50. The number of fused-ring (bicyclic) bond motifs is 1. The van der Waals surface area contributed by atoms with Gasteiger partial charge in [-0.05, 0) is 43.4 Å². The molecule has 3 aromatic rings. The smallest absolute Gasteiger partial charge is 0.246 e. The highest BCUT2D eigenvalue weighted by molar-refractivity contribution is 5.98. The lowest BCUT2D eigenvalue weighted by molar-refractivity contribution is -0.132. The van der Waals surface area contributed by atoms with Gasteiger partial charge in [0, 0.05) is 48.9 Å². The number of nitrogens with zero attached hydrogens (tertiary/aromatic N) is 3. The molecule has 7 heteroatoms. The van der Waals surface area contributed by atoms with E-state index in [1.807, 2.05) is 18.2 Å². The number of rotatable bonds is 6. The molecule has 166 valence electrons. The van der Waals surface area contributed by atoms with Crippen molar-refractivity contribution in [3.05, 3.63) is 35.5 Å². The molecule has 0 spiro atoms. The number of anilines is 1. The van der Waals surface area contributed by atoms with Crippen LogP contribution in [0.4, 0.5) is 5.69 Å². The number of likely N-dealkylation sites (N-methyl/N-ethyl adjacent to an activating group) is 2. The summed E-state index contributed by atoms with van der Waals surface area (Å²) in [4.78, 5) is 30.4. The molecule has 0 unspecified atom stereocenters. The Morgan fingerprint density at radius 2 is 1.84 bits per heavy atom. The molecule has 0 bridgehead atoms. The second-order valence-electron chi connectivity index (χ2n) is 9.52. The minimum absolute atomic E-state index is 0.0452. The molecule has 0 aliphatic rings. The summed E-state index contributed by atoms with van der Waals surface area (Å²) in [5.74, 6) is -0.279. The van der Waals surface area contributed by atoms with Crippen molar-refractivity contribution in [2.24, 2.45) is 5.41 Å². The van der Waals surface area contributed by atoms with Crippen LogP contribution in [0.5, 0.6) is 0 Å². The zero-order valence-electron chi connectivity index (χ0n) is 19.6. The lowest BCUT2D eigenvalue weighted by Crippen LogP contribution is -2.38. The van der Waals surface area contributed by atoms with E-state index in [4.69, 9.17) is 0 Å². The molecule has 0 saturated heterocycles. The third kappa shape index (κ3) is 5.16. The van der Waals surface area contributed by atoms with E-state index in [2.05, 4.69) is 48.9 Å². The predicted molar refractivity (Wildman–Crippen MR) is 125 cm³/mol. The van der Waals surface area contributed by atoms with E-state index in [-0.39, 0.29) is 23.8 Å². The Bertz CT molecular complexity index is 1100. The Morgan fingerprint density at radius 1 is 1.13 bits per heavy atom. The number of amides is 2. The van der Waals surface area contributed by atoms with Crippen molar-refractivity contribution < 1.29 is 9.59 Å². The minimum atomic E-state index is -0.142. The highest BCUT2D eigenvalue weighted by atomic mass is 16.2. The summed E-state index contributed by atoms with van der Waals surface area (Å²) in [6.45, 7) is 10.3. The van der Waals surface area contributed by atoms with E-state index in [0.29, 0.717) is 0 Å². The van der Waals surface area contributed by atoms with Crippen molar-refractivity contribution in [1.29, 1.82) is 0 Å². The average molecular weight is 424 g/mol. The van der Waals surface area contributed by atoms with E-state index < -0.39 is 0 Å². The molecule has 7 nitrogen and oxygen atoms in total. The zero-order valence-corrected chi connectivity index (χ0v) is 19.6. The highest BCUT2D eigenvalue weighted by Crippen LogP contribution is 2.31. The van der Waals surface area contributed by atoms with E-state index in [1.165, 1.54) is 17.4 Å². The maximum atomic E-state index is 12.5. The monoisotopic (exact) mass is 423 g/mol. The van der Waals surface area contributed by atoms with Crippen molar-refractivity contribution in [3.63, 3.8) is 0 Å². The molecule has 0 radical (unpaired) electrons. The van der Waals surface area contributed by atoms with Gasteiger partial charge in [-0.3, -0.25) is 14.7 Å². The maximum absolute atomic E-state index is 12.5. The van der Waals surface area contributed by atoms with Crippen molar-refractivity contribution >= 4 is 28.4 Å². The number of hydrogen-bond donors (Lipinski definition) is 2. The average Bonchev–Trinajstić information content (AvgIpc) is 3.27. The normalized spacial score (nSPS) is 11.7. The van der Waals surface area contributed by atoms with Crippen molar-refractivity contribution in [1.82, 2.24) is 20.1 Å². The Kier molecular flexibility index (Phi) is 6.25. The first-order chi connectivity index (χ1) is 14.5. The second-order valence-corrected chi connectivity index (χ2v) is 9.52. The van der Waals surface area contributed by atoms with Gasteiger partial charge in [0.05, 0.1) is 12.2 Å². The number of carbonyl (C=O) groups excluding carboxylic acids is 2. The Labute approximate surface area is 183 Å². The van der Waals surface area contributed by atoms with E-state index in [1.54, 1.807) is 19.0 Å². The van der Waals surface area contributed by atoms with Crippen LogP contribution in [-0.4, -0.2) is 52.5 Å². The molecule has 0 atom stereocenters. The molecule has 2 amide bonds. The number of aromatic nitrogens is 3. The quantitative estimate of drug-likeness (QED) is 0.620. The van der Waals surface area contributed by atoms with Gasteiger partial charge in [0.15, 0.2) is 0 Å². The molecule has 3 rings (SSSR count). The molecule has 31 heavy (non-hydrogen) atoms. The Balaban J connectivity index is 1.87. The van der Waals surface area contributed by atoms with Crippen LogP contribution in [-0.2, 0) is 16.0 Å². The molecular formula is C24H33N5O2. The molecule has 2 aromatic heterocycles. The van der Waals surface area contributed by atoms with Crippen molar-refractivity contribution in [2.45, 2.75) is 47.5 Å². The van der Waals surface area contributed by atoms with Crippen LogP contribution in [0.1, 0.15) is 45.4 Å². The van der Waals surface area contributed by atoms with Gasteiger partial charge in [0.2, 0.25) is 11.8 Å². The first kappa shape index (κ1) is 22.6. The van der Waals surface area contributed by atoms with Crippen LogP contribution in [0.25, 0.3) is 22.3 Å². The molecule has 2 heterocycles. The summed E-state index contributed by atoms with van der Waals surface area (Å²) in [5, 5.41) is 8.75. The Morgan fingerprint density at radius 3 is 2.48 bits per heavy atom. The van der Waals surface area contributed by atoms with Gasteiger partial charge in [-0.15, -0.1) is 0 Å². The highest BCUT2D eigenvalue weighted by Gasteiger charge is 2.19. The number of carbonyl (C=O) groups is 2. The van der Waals surface area contributed by atoms with Gasteiger partial charge in [-0.25, -0.2) is 0 Å². The zero-order chi connectivity index (χ0) is 22.9. The minimum Gasteiger partial charge on any atom is -0.353 e. The summed E-state index contributed by atoms with van der Waals surface area (Å²) in [7, 11) is 3.35. The van der Waals surface area contributed by atoms with Crippen molar-refractivity contribution in [2.75, 3.05) is 25.5 Å². The molecule has 1 aromatic carbocycles. The molecule has 0 aliphatic carbocycles. The second kappa shape index (κ2) is 8.57. The van der Waals surface area contributed by atoms with Crippen LogP contribution in [0.2, 0.25) is 0 Å². The lowest BCUT2D eigenvalue weighted by Gasteiger charge is -2.21. The fraction of sp³-hybridized carbons (Fsp3) is 0.458. The van der Waals surface area contributed by atoms with Crippen LogP contribution in [0, 0.1) is 12.3 Å². The van der Waals surface area contributed by atoms with Gasteiger partial charge in [0.25, 0.3) is 0 Å². The number of benzene rings is 1. The van der Waals surface area contributed by atoms with E-state index in [9.17, 15) is 9.59 Å². The summed E-state index contributed by atoms with van der Waals surface area (Å²) in [6, 6.07) is 7.97. The van der Waals surface area contributed by atoms with Gasteiger partial charge in [-0.1, -0.05) is 26.8 Å². The van der Waals surface area contributed by atoms with Gasteiger partial charge in [0.1, 0.15) is 5.69 Å². The van der Waals surface area contributed by atoms with E-state index in [0.717, 1.165) is 46.5 Å². The SMILES string of the molecule is CC(=O)N(C)CC(=O)N(C)c1ccc2cc(-c3n[nH]c(C)c3CCC(C)(C)C)[nH]c2c1. The molecular weight excluding hydrogens is 390 g/mol.